The number of Topliss-reactive ketones (excluding diaryl/α,β-unsaturated/α-hetero) is 1. The Kier molecular flexibility index (Phi) is 6.58. The number of rotatable bonds is 9. The van der Waals surface area contributed by atoms with Crippen LogP contribution >= 0.6 is 0 Å². The molecular weight excluding hydrogens is 325 g/mol. The largest absolute Gasteiger partial charge is 0.395 e. The normalized spacial score (nSPS) is 13.3. The van der Waals surface area contributed by atoms with Crippen LogP contribution in [0.15, 0.2) is 10.6 Å². The highest BCUT2D eigenvalue weighted by Gasteiger charge is 2.31. The molecule has 0 aromatic carbocycles. The topological polar surface area (TPSA) is 75.4 Å². The number of nitrogens with one attached hydrogen (secondary N) is 1. The summed E-state index contributed by atoms with van der Waals surface area (Å²) in [4.78, 5) is 12.3. The van der Waals surface area contributed by atoms with E-state index in [-0.39, 0.29) is 31.8 Å². The Hall–Kier alpha value is -1.41. The highest BCUT2D eigenvalue weighted by molar-refractivity contribution is 5.89. The van der Waals surface area contributed by atoms with Crippen LogP contribution in [0.5, 0.6) is 0 Å². The van der Waals surface area contributed by atoms with Crippen molar-refractivity contribution in [3.8, 4) is 0 Å². The van der Waals surface area contributed by atoms with Crippen LogP contribution in [0.25, 0.3) is 0 Å². The molecule has 0 spiro atoms. The van der Waals surface area contributed by atoms with Crippen molar-refractivity contribution in [2.24, 2.45) is 0 Å². The Bertz CT molecular complexity index is 551. The SMILES string of the molecule is CC(C)(NCCCC(F)(F)F)C(=O)Cc1cc(C(C)(C)CO)no1. The fraction of sp³-hybridized carbons (Fsp3) is 0.750. The lowest BCUT2D eigenvalue weighted by Crippen LogP contribution is -2.48. The molecule has 1 rings (SSSR count). The van der Waals surface area contributed by atoms with Gasteiger partial charge in [-0.15, -0.1) is 0 Å². The van der Waals surface area contributed by atoms with Gasteiger partial charge >= 0.3 is 6.18 Å². The number of nitrogens with zero attached hydrogens (tertiary/aromatic N) is 1. The highest BCUT2D eigenvalue weighted by atomic mass is 19.4. The molecule has 5 nitrogen and oxygen atoms in total. The maximum atomic E-state index is 12.3. The number of halogens is 3. The lowest BCUT2D eigenvalue weighted by molar-refractivity contribution is -0.135. The first-order valence-electron chi connectivity index (χ1n) is 7.79. The molecule has 0 bridgehead atoms. The smallest absolute Gasteiger partial charge is 0.389 e. The molecule has 0 amide bonds. The lowest BCUT2D eigenvalue weighted by Gasteiger charge is -2.24. The molecule has 1 heterocycles. The molecule has 1 aromatic heterocycles. The molecule has 1 aromatic rings. The van der Waals surface area contributed by atoms with E-state index >= 15 is 0 Å². The van der Waals surface area contributed by atoms with Crippen molar-refractivity contribution in [2.75, 3.05) is 13.2 Å². The monoisotopic (exact) mass is 350 g/mol. The zero-order valence-corrected chi connectivity index (χ0v) is 14.5. The molecule has 0 unspecified atom stereocenters. The summed E-state index contributed by atoms with van der Waals surface area (Å²) in [6, 6.07) is 1.62. The number of hydrogen-bond acceptors (Lipinski definition) is 5. The van der Waals surface area contributed by atoms with Gasteiger partial charge in [0, 0.05) is 17.9 Å². The molecular formula is C16H25F3N2O3. The Morgan fingerprint density at radius 3 is 2.46 bits per heavy atom. The van der Waals surface area contributed by atoms with E-state index in [1.807, 2.05) is 0 Å². The van der Waals surface area contributed by atoms with Crippen LogP contribution in [0.2, 0.25) is 0 Å². The standard InChI is InChI=1S/C16H25F3N2O3/c1-14(2,10-22)12-8-11(24-21-12)9-13(23)15(3,4)20-7-5-6-16(17,18)19/h8,20,22H,5-7,9-10H2,1-4H3. The van der Waals surface area contributed by atoms with E-state index in [9.17, 15) is 23.1 Å². The van der Waals surface area contributed by atoms with E-state index in [1.54, 1.807) is 33.8 Å². The third-order valence-corrected chi connectivity index (χ3v) is 3.88. The minimum Gasteiger partial charge on any atom is -0.395 e. The summed E-state index contributed by atoms with van der Waals surface area (Å²) in [5, 5.41) is 16.0. The van der Waals surface area contributed by atoms with Crippen molar-refractivity contribution < 1.29 is 27.6 Å². The van der Waals surface area contributed by atoms with Crippen LogP contribution in [0.1, 0.15) is 52.0 Å². The van der Waals surface area contributed by atoms with Crippen LogP contribution in [0, 0.1) is 0 Å². The average molecular weight is 350 g/mol. The van der Waals surface area contributed by atoms with E-state index < -0.39 is 23.6 Å². The van der Waals surface area contributed by atoms with E-state index in [0.717, 1.165) is 0 Å². The first-order chi connectivity index (χ1) is 10.9. The van der Waals surface area contributed by atoms with Gasteiger partial charge in [-0.1, -0.05) is 19.0 Å². The third kappa shape index (κ3) is 6.24. The summed E-state index contributed by atoms with van der Waals surface area (Å²) in [5.74, 6) is 0.153. The fourth-order valence-corrected chi connectivity index (χ4v) is 1.96. The van der Waals surface area contributed by atoms with E-state index in [2.05, 4.69) is 10.5 Å². The van der Waals surface area contributed by atoms with E-state index in [4.69, 9.17) is 4.52 Å². The second-order valence-corrected chi connectivity index (χ2v) is 7.09. The number of carbonyl (C=O) groups is 1. The van der Waals surface area contributed by atoms with Crippen molar-refractivity contribution in [1.82, 2.24) is 10.5 Å². The molecule has 8 heteroatoms. The van der Waals surface area contributed by atoms with Gasteiger partial charge in [0.05, 0.1) is 24.3 Å². The molecule has 0 fully saturated rings. The molecule has 0 aliphatic carbocycles. The van der Waals surface area contributed by atoms with Gasteiger partial charge in [0.15, 0.2) is 5.78 Å². The van der Waals surface area contributed by atoms with Crippen LogP contribution < -0.4 is 5.32 Å². The summed E-state index contributed by atoms with van der Waals surface area (Å²) in [6.07, 6.45) is -5.18. The maximum Gasteiger partial charge on any atom is 0.389 e. The van der Waals surface area contributed by atoms with Crippen LogP contribution in [-0.2, 0) is 16.6 Å². The van der Waals surface area contributed by atoms with Crippen molar-refractivity contribution >= 4 is 5.78 Å². The van der Waals surface area contributed by atoms with E-state index in [1.165, 1.54) is 0 Å². The van der Waals surface area contributed by atoms with Crippen molar-refractivity contribution in [3.63, 3.8) is 0 Å². The number of aliphatic hydroxyl groups is 1. The first kappa shape index (κ1) is 20.6. The summed E-state index contributed by atoms with van der Waals surface area (Å²) in [7, 11) is 0. The Labute approximate surface area is 139 Å². The lowest BCUT2D eigenvalue weighted by atomic mass is 9.90. The minimum atomic E-state index is -4.19. The number of aliphatic hydroxyl groups excluding tert-OH is 1. The Morgan fingerprint density at radius 2 is 1.92 bits per heavy atom. The molecule has 0 aliphatic heterocycles. The number of alkyl halides is 3. The Balaban J connectivity index is 2.57. The average Bonchev–Trinajstić information content (AvgIpc) is 2.92. The van der Waals surface area contributed by atoms with Crippen molar-refractivity contribution in [3.05, 3.63) is 17.5 Å². The molecule has 0 saturated carbocycles. The molecule has 138 valence electrons. The van der Waals surface area contributed by atoms with Gasteiger partial charge in [0.2, 0.25) is 0 Å². The number of aromatic nitrogens is 1. The minimum absolute atomic E-state index is 0.0201. The van der Waals surface area contributed by atoms with Crippen LogP contribution in [0.3, 0.4) is 0 Å². The molecule has 0 aliphatic rings. The predicted octanol–water partition coefficient (Wildman–Crippen LogP) is 2.77. The summed E-state index contributed by atoms with van der Waals surface area (Å²) < 4.78 is 41.5. The summed E-state index contributed by atoms with van der Waals surface area (Å²) in [6.45, 7) is 6.82. The highest BCUT2D eigenvalue weighted by Crippen LogP contribution is 2.23. The second-order valence-electron chi connectivity index (χ2n) is 7.09. The van der Waals surface area contributed by atoms with Crippen LogP contribution in [-0.4, -0.2) is 40.9 Å². The van der Waals surface area contributed by atoms with Gasteiger partial charge in [-0.3, -0.25) is 4.79 Å². The molecule has 24 heavy (non-hydrogen) atoms. The van der Waals surface area contributed by atoms with Gasteiger partial charge in [-0.2, -0.15) is 13.2 Å². The van der Waals surface area contributed by atoms with Gasteiger partial charge in [-0.05, 0) is 26.8 Å². The summed E-state index contributed by atoms with van der Waals surface area (Å²) in [5.41, 5.74) is -0.995. The van der Waals surface area contributed by atoms with Crippen molar-refractivity contribution in [2.45, 2.75) is 64.1 Å². The fourth-order valence-electron chi connectivity index (χ4n) is 1.96. The maximum absolute atomic E-state index is 12.3. The number of ketones is 1. The summed E-state index contributed by atoms with van der Waals surface area (Å²) >= 11 is 0. The number of hydrogen-bond donors (Lipinski definition) is 2. The van der Waals surface area contributed by atoms with E-state index in [0.29, 0.717) is 11.5 Å². The zero-order valence-electron chi connectivity index (χ0n) is 14.5. The second kappa shape index (κ2) is 7.65. The van der Waals surface area contributed by atoms with Gasteiger partial charge in [0.25, 0.3) is 0 Å². The van der Waals surface area contributed by atoms with Crippen LogP contribution in [0.4, 0.5) is 13.2 Å². The van der Waals surface area contributed by atoms with Gasteiger partial charge < -0.3 is 14.9 Å². The molecule has 0 saturated heterocycles. The van der Waals surface area contributed by atoms with Gasteiger partial charge in [0.1, 0.15) is 5.76 Å². The number of carbonyl (C=O) groups excluding carboxylic acids is 1. The quantitative estimate of drug-likeness (QED) is 0.670. The first-order valence-corrected chi connectivity index (χ1v) is 7.79. The molecule has 2 N–H and O–H groups in total. The predicted molar refractivity (Wildman–Crippen MR) is 82.7 cm³/mol. The third-order valence-electron chi connectivity index (χ3n) is 3.88. The Morgan fingerprint density at radius 1 is 1.29 bits per heavy atom. The van der Waals surface area contributed by atoms with Crippen molar-refractivity contribution in [1.29, 1.82) is 0 Å². The molecule has 0 radical (unpaired) electrons. The zero-order chi connectivity index (χ0) is 18.6. The van der Waals surface area contributed by atoms with Gasteiger partial charge in [-0.25, -0.2) is 0 Å². The molecule has 0 atom stereocenters.